The molecule has 0 fully saturated rings. The molecule has 2 aromatic rings. The van der Waals surface area contributed by atoms with Crippen LogP contribution >= 0.6 is 0 Å². The van der Waals surface area contributed by atoms with Crippen LogP contribution in [-0.2, 0) is 11.3 Å². The van der Waals surface area contributed by atoms with E-state index in [0.717, 1.165) is 18.4 Å². The second-order valence-electron chi connectivity index (χ2n) is 5.06. The highest BCUT2D eigenvalue weighted by Gasteiger charge is 2.14. The van der Waals surface area contributed by atoms with Crippen molar-refractivity contribution in [1.82, 2.24) is 9.78 Å². The van der Waals surface area contributed by atoms with Gasteiger partial charge in [-0.1, -0.05) is 26.0 Å². The van der Waals surface area contributed by atoms with E-state index in [1.165, 1.54) is 12.1 Å². The molecular weight excluding hydrogens is 269 g/mol. The van der Waals surface area contributed by atoms with E-state index in [4.69, 9.17) is 0 Å². The smallest absolute Gasteiger partial charge is 0.227 e. The molecule has 21 heavy (non-hydrogen) atoms. The number of carbonyl (C=O) groups excluding carboxylic acids is 1. The zero-order valence-corrected chi connectivity index (χ0v) is 12.3. The van der Waals surface area contributed by atoms with E-state index in [2.05, 4.69) is 10.4 Å². The van der Waals surface area contributed by atoms with Gasteiger partial charge in [0.1, 0.15) is 5.82 Å². The molecule has 2 rings (SSSR count). The molecule has 0 spiro atoms. The number of benzene rings is 1. The first kappa shape index (κ1) is 15.2. The fraction of sp³-hybridized carbons (Fsp3) is 0.375. The van der Waals surface area contributed by atoms with Crippen molar-refractivity contribution in [3.8, 4) is 0 Å². The summed E-state index contributed by atoms with van der Waals surface area (Å²) in [6.07, 6.45) is 5.06. The first-order valence-electron chi connectivity index (χ1n) is 7.20. The molecule has 0 radical (unpaired) electrons. The van der Waals surface area contributed by atoms with Gasteiger partial charge >= 0.3 is 0 Å². The lowest BCUT2D eigenvalue weighted by Gasteiger charge is -2.11. The van der Waals surface area contributed by atoms with Gasteiger partial charge in [0.2, 0.25) is 5.91 Å². The molecule has 1 N–H and O–H groups in total. The summed E-state index contributed by atoms with van der Waals surface area (Å²) in [5.41, 5.74) is 1.64. The molecule has 0 atom stereocenters. The SMILES string of the molecule is CCC(CC)C(=O)Nc1cnn(Cc2ccc(F)cc2)c1. The molecular formula is C16H20FN3O. The van der Waals surface area contributed by atoms with Crippen molar-refractivity contribution in [3.05, 3.63) is 48.0 Å². The number of amides is 1. The van der Waals surface area contributed by atoms with Gasteiger partial charge < -0.3 is 5.32 Å². The van der Waals surface area contributed by atoms with E-state index in [1.54, 1.807) is 29.2 Å². The lowest BCUT2D eigenvalue weighted by atomic mass is 10.0. The average Bonchev–Trinajstić information content (AvgIpc) is 2.90. The van der Waals surface area contributed by atoms with Gasteiger partial charge in [-0.25, -0.2) is 4.39 Å². The molecule has 0 aliphatic carbocycles. The van der Waals surface area contributed by atoms with Crippen molar-refractivity contribution in [2.45, 2.75) is 33.2 Å². The minimum absolute atomic E-state index is 0.0290. The summed E-state index contributed by atoms with van der Waals surface area (Å²) in [5.74, 6) is -0.191. The van der Waals surface area contributed by atoms with E-state index < -0.39 is 0 Å². The molecule has 0 saturated heterocycles. The third-order valence-corrected chi connectivity index (χ3v) is 3.52. The zero-order valence-electron chi connectivity index (χ0n) is 12.3. The summed E-state index contributed by atoms with van der Waals surface area (Å²) < 4.78 is 14.6. The topological polar surface area (TPSA) is 46.9 Å². The van der Waals surface area contributed by atoms with Crippen molar-refractivity contribution in [3.63, 3.8) is 0 Å². The molecule has 0 aliphatic heterocycles. The summed E-state index contributed by atoms with van der Waals surface area (Å²) in [5, 5.41) is 7.08. The zero-order chi connectivity index (χ0) is 15.2. The van der Waals surface area contributed by atoms with E-state index in [9.17, 15) is 9.18 Å². The minimum Gasteiger partial charge on any atom is -0.323 e. The molecule has 1 amide bonds. The van der Waals surface area contributed by atoms with Crippen molar-refractivity contribution in [1.29, 1.82) is 0 Å². The molecule has 0 saturated carbocycles. The maximum Gasteiger partial charge on any atom is 0.227 e. The Morgan fingerprint density at radius 2 is 1.95 bits per heavy atom. The van der Waals surface area contributed by atoms with E-state index in [0.29, 0.717) is 12.2 Å². The highest BCUT2D eigenvalue weighted by molar-refractivity contribution is 5.92. The Bertz CT molecular complexity index is 588. The Morgan fingerprint density at radius 3 is 2.57 bits per heavy atom. The van der Waals surface area contributed by atoms with Gasteiger partial charge in [-0.3, -0.25) is 9.48 Å². The second kappa shape index (κ2) is 7.02. The van der Waals surface area contributed by atoms with E-state index in [1.807, 2.05) is 13.8 Å². The number of anilines is 1. The Kier molecular flexibility index (Phi) is 5.09. The second-order valence-corrected chi connectivity index (χ2v) is 5.06. The van der Waals surface area contributed by atoms with Crippen LogP contribution in [0.3, 0.4) is 0 Å². The molecule has 112 valence electrons. The number of hydrogen-bond acceptors (Lipinski definition) is 2. The van der Waals surface area contributed by atoms with Crippen LogP contribution in [-0.4, -0.2) is 15.7 Å². The predicted molar refractivity (Wildman–Crippen MR) is 80.4 cm³/mol. The molecule has 4 nitrogen and oxygen atoms in total. The molecule has 5 heteroatoms. The fourth-order valence-corrected chi connectivity index (χ4v) is 2.20. The lowest BCUT2D eigenvalue weighted by Crippen LogP contribution is -2.21. The van der Waals surface area contributed by atoms with Crippen LogP contribution in [0.5, 0.6) is 0 Å². The van der Waals surface area contributed by atoms with Crippen LogP contribution < -0.4 is 5.32 Å². The van der Waals surface area contributed by atoms with Crippen molar-refractivity contribution >= 4 is 11.6 Å². The fourth-order valence-electron chi connectivity index (χ4n) is 2.20. The summed E-state index contributed by atoms with van der Waals surface area (Å²) in [6.45, 7) is 4.55. The van der Waals surface area contributed by atoms with Crippen molar-refractivity contribution in [2.75, 3.05) is 5.32 Å². The normalized spacial score (nSPS) is 10.9. The van der Waals surface area contributed by atoms with Gasteiger partial charge in [0.15, 0.2) is 0 Å². The molecule has 0 aliphatic rings. The summed E-state index contributed by atoms with van der Waals surface area (Å²) in [4.78, 5) is 12.0. The van der Waals surface area contributed by atoms with Gasteiger partial charge in [-0.15, -0.1) is 0 Å². The lowest BCUT2D eigenvalue weighted by molar-refractivity contribution is -0.120. The van der Waals surface area contributed by atoms with Gasteiger partial charge in [0, 0.05) is 12.1 Å². The Hall–Kier alpha value is -2.17. The minimum atomic E-state index is -0.252. The highest BCUT2D eigenvalue weighted by atomic mass is 19.1. The van der Waals surface area contributed by atoms with Gasteiger partial charge in [-0.05, 0) is 30.5 Å². The van der Waals surface area contributed by atoms with Crippen molar-refractivity contribution < 1.29 is 9.18 Å². The molecule has 1 aromatic carbocycles. The monoisotopic (exact) mass is 289 g/mol. The van der Waals surface area contributed by atoms with Crippen LogP contribution in [0.15, 0.2) is 36.7 Å². The third-order valence-electron chi connectivity index (χ3n) is 3.52. The Balaban J connectivity index is 1.98. The number of hydrogen-bond donors (Lipinski definition) is 1. The molecule has 1 heterocycles. The summed E-state index contributed by atoms with van der Waals surface area (Å²) in [7, 11) is 0. The van der Waals surface area contributed by atoms with E-state index >= 15 is 0 Å². The maximum absolute atomic E-state index is 12.8. The summed E-state index contributed by atoms with van der Waals surface area (Å²) >= 11 is 0. The largest absolute Gasteiger partial charge is 0.323 e. The van der Waals surface area contributed by atoms with Gasteiger partial charge in [0.05, 0.1) is 18.4 Å². The molecule has 0 unspecified atom stereocenters. The standard InChI is InChI=1S/C16H20FN3O/c1-3-13(4-2)16(21)19-15-9-18-20(11-15)10-12-5-7-14(17)8-6-12/h5-9,11,13H,3-4,10H2,1-2H3,(H,19,21). The first-order valence-corrected chi connectivity index (χ1v) is 7.20. The predicted octanol–water partition coefficient (Wildman–Crippen LogP) is 3.45. The molecule has 1 aromatic heterocycles. The first-order chi connectivity index (χ1) is 10.1. The van der Waals surface area contributed by atoms with Crippen LogP contribution in [0.1, 0.15) is 32.3 Å². The number of halogens is 1. The number of carbonyl (C=O) groups is 1. The van der Waals surface area contributed by atoms with Crippen LogP contribution in [0.25, 0.3) is 0 Å². The number of rotatable bonds is 6. The number of nitrogens with zero attached hydrogens (tertiary/aromatic N) is 2. The van der Waals surface area contributed by atoms with Crippen molar-refractivity contribution in [2.24, 2.45) is 5.92 Å². The Morgan fingerprint density at radius 1 is 1.29 bits per heavy atom. The number of aromatic nitrogens is 2. The van der Waals surface area contributed by atoms with E-state index in [-0.39, 0.29) is 17.6 Å². The van der Waals surface area contributed by atoms with Crippen LogP contribution in [0.4, 0.5) is 10.1 Å². The summed E-state index contributed by atoms with van der Waals surface area (Å²) in [6, 6.07) is 6.29. The highest BCUT2D eigenvalue weighted by Crippen LogP contribution is 2.13. The average molecular weight is 289 g/mol. The third kappa shape index (κ3) is 4.15. The maximum atomic E-state index is 12.8. The molecule has 0 bridgehead atoms. The van der Waals surface area contributed by atoms with Gasteiger partial charge in [0.25, 0.3) is 0 Å². The van der Waals surface area contributed by atoms with Crippen LogP contribution in [0, 0.1) is 11.7 Å². The Labute approximate surface area is 124 Å². The van der Waals surface area contributed by atoms with Gasteiger partial charge in [-0.2, -0.15) is 5.10 Å². The number of nitrogens with one attached hydrogen (secondary N) is 1. The quantitative estimate of drug-likeness (QED) is 0.885. The van der Waals surface area contributed by atoms with Crippen LogP contribution in [0.2, 0.25) is 0 Å².